The van der Waals surface area contributed by atoms with Gasteiger partial charge in [-0.1, -0.05) is 0 Å². The van der Waals surface area contributed by atoms with Crippen molar-refractivity contribution >= 4 is 6.09 Å². The summed E-state index contributed by atoms with van der Waals surface area (Å²) in [4.78, 5) is 9.93. The first-order valence-electron chi connectivity index (χ1n) is 2.86. The summed E-state index contributed by atoms with van der Waals surface area (Å²) in [7, 11) is 0. The van der Waals surface area contributed by atoms with Gasteiger partial charge in [0.2, 0.25) is 0 Å². The average molecular weight is 132 g/mol. The van der Waals surface area contributed by atoms with Crippen molar-refractivity contribution in [3.63, 3.8) is 0 Å². The van der Waals surface area contributed by atoms with Crippen LogP contribution < -0.4 is 11.1 Å². The summed E-state index contributed by atoms with van der Waals surface area (Å²) >= 11 is 0. The number of amides is 1. The molecule has 0 aliphatic carbocycles. The molecule has 0 rings (SSSR count). The van der Waals surface area contributed by atoms with Gasteiger partial charge in [-0.15, -0.1) is 0 Å². The van der Waals surface area contributed by atoms with Crippen molar-refractivity contribution in [1.29, 1.82) is 0 Å². The van der Waals surface area contributed by atoms with Gasteiger partial charge >= 0.3 is 6.09 Å². The van der Waals surface area contributed by atoms with Crippen molar-refractivity contribution in [2.24, 2.45) is 5.73 Å². The van der Waals surface area contributed by atoms with E-state index in [2.05, 4.69) is 5.32 Å². The first-order chi connectivity index (χ1) is 4.16. The minimum Gasteiger partial charge on any atom is -0.465 e. The van der Waals surface area contributed by atoms with Crippen LogP contribution in [0.2, 0.25) is 0 Å². The summed E-state index contributed by atoms with van der Waals surface area (Å²) in [5.41, 5.74) is 5.17. The molecule has 0 aromatic rings. The molecule has 1 amide bonds. The third kappa shape index (κ3) is 5.10. The SMILES string of the molecule is C[C@H](CCN)NC(=O)O. The second kappa shape index (κ2) is 4.14. The standard InChI is InChI=1S/C5H12N2O2/c1-4(2-3-6)7-5(8)9/h4,7H,2-3,6H2,1H3,(H,8,9)/t4-/m1/s1. The Hall–Kier alpha value is -0.770. The van der Waals surface area contributed by atoms with Crippen LogP contribution in [0.1, 0.15) is 13.3 Å². The lowest BCUT2D eigenvalue weighted by atomic mass is 10.2. The summed E-state index contributed by atoms with van der Waals surface area (Å²) in [6, 6.07) is -0.0347. The largest absolute Gasteiger partial charge is 0.465 e. The van der Waals surface area contributed by atoms with Gasteiger partial charge in [0.1, 0.15) is 0 Å². The quantitative estimate of drug-likeness (QED) is 0.505. The summed E-state index contributed by atoms with van der Waals surface area (Å²) in [5.74, 6) is 0. The van der Waals surface area contributed by atoms with Crippen LogP contribution >= 0.6 is 0 Å². The number of nitrogens with two attached hydrogens (primary N) is 1. The van der Waals surface area contributed by atoms with Crippen LogP contribution in [0.3, 0.4) is 0 Å². The van der Waals surface area contributed by atoms with Gasteiger partial charge in [-0.3, -0.25) is 0 Å². The molecule has 4 nitrogen and oxygen atoms in total. The van der Waals surface area contributed by atoms with Crippen molar-refractivity contribution in [2.45, 2.75) is 19.4 Å². The summed E-state index contributed by atoms with van der Waals surface area (Å²) in [6.45, 7) is 2.29. The predicted molar refractivity (Wildman–Crippen MR) is 34.3 cm³/mol. The molecule has 0 aromatic carbocycles. The third-order valence-electron chi connectivity index (χ3n) is 0.970. The zero-order valence-corrected chi connectivity index (χ0v) is 5.42. The van der Waals surface area contributed by atoms with Gasteiger partial charge in [0.15, 0.2) is 0 Å². The molecule has 0 spiro atoms. The molecule has 54 valence electrons. The molecule has 0 unspecified atom stereocenters. The fourth-order valence-corrected chi connectivity index (χ4v) is 0.533. The smallest absolute Gasteiger partial charge is 0.404 e. The minimum absolute atomic E-state index is 0.0347. The second-order valence-corrected chi connectivity index (χ2v) is 1.93. The molecule has 1 atom stereocenters. The number of carbonyl (C=O) groups is 1. The fraction of sp³-hybridized carbons (Fsp3) is 0.800. The molecule has 4 N–H and O–H groups in total. The van der Waals surface area contributed by atoms with E-state index in [0.717, 1.165) is 0 Å². The van der Waals surface area contributed by atoms with E-state index in [1.807, 2.05) is 0 Å². The molecule has 0 aliphatic heterocycles. The Morgan fingerprint density at radius 1 is 1.89 bits per heavy atom. The Bertz CT molecular complexity index is 95.0. The predicted octanol–water partition coefficient (Wildman–Crippen LogP) is -0.00870. The Kier molecular flexibility index (Phi) is 3.79. The van der Waals surface area contributed by atoms with Crippen molar-refractivity contribution in [3.8, 4) is 0 Å². The molecule has 0 saturated heterocycles. The maximum absolute atomic E-state index is 9.93. The van der Waals surface area contributed by atoms with E-state index in [4.69, 9.17) is 10.8 Å². The molecular weight excluding hydrogens is 120 g/mol. The molecule has 0 aromatic heterocycles. The number of hydrogen-bond acceptors (Lipinski definition) is 2. The lowest BCUT2D eigenvalue weighted by Gasteiger charge is -2.07. The first kappa shape index (κ1) is 8.23. The third-order valence-corrected chi connectivity index (χ3v) is 0.970. The maximum atomic E-state index is 9.93. The highest BCUT2D eigenvalue weighted by atomic mass is 16.4. The molecular formula is C5H12N2O2. The zero-order valence-electron chi connectivity index (χ0n) is 5.42. The van der Waals surface area contributed by atoms with Crippen molar-refractivity contribution in [3.05, 3.63) is 0 Å². The van der Waals surface area contributed by atoms with E-state index in [-0.39, 0.29) is 6.04 Å². The van der Waals surface area contributed by atoms with Crippen molar-refractivity contribution in [1.82, 2.24) is 5.32 Å². The number of nitrogens with one attached hydrogen (secondary N) is 1. The van der Waals surface area contributed by atoms with Gasteiger partial charge in [-0.25, -0.2) is 4.79 Å². The molecule has 0 radical (unpaired) electrons. The lowest BCUT2D eigenvalue weighted by molar-refractivity contribution is 0.190. The first-order valence-corrected chi connectivity index (χ1v) is 2.86. The highest BCUT2D eigenvalue weighted by Crippen LogP contribution is 1.85. The van der Waals surface area contributed by atoms with Crippen LogP contribution in [0.15, 0.2) is 0 Å². The monoisotopic (exact) mass is 132 g/mol. The highest BCUT2D eigenvalue weighted by Gasteiger charge is 2.01. The van der Waals surface area contributed by atoms with Gasteiger partial charge in [0.05, 0.1) is 0 Å². The van der Waals surface area contributed by atoms with Crippen LogP contribution in [0, 0.1) is 0 Å². The van der Waals surface area contributed by atoms with Crippen LogP contribution in [0.5, 0.6) is 0 Å². The van der Waals surface area contributed by atoms with E-state index >= 15 is 0 Å². The summed E-state index contributed by atoms with van der Waals surface area (Å²) < 4.78 is 0. The Morgan fingerprint density at radius 3 is 2.78 bits per heavy atom. The molecule has 0 saturated carbocycles. The molecule has 9 heavy (non-hydrogen) atoms. The van der Waals surface area contributed by atoms with Crippen molar-refractivity contribution < 1.29 is 9.90 Å². The van der Waals surface area contributed by atoms with Crippen LogP contribution in [-0.2, 0) is 0 Å². The topological polar surface area (TPSA) is 75.3 Å². The van der Waals surface area contributed by atoms with Gasteiger partial charge in [-0.05, 0) is 19.9 Å². The van der Waals surface area contributed by atoms with E-state index in [0.29, 0.717) is 13.0 Å². The van der Waals surface area contributed by atoms with Crippen LogP contribution in [0.25, 0.3) is 0 Å². The molecule has 0 aliphatic rings. The van der Waals surface area contributed by atoms with Crippen LogP contribution in [0.4, 0.5) is 4.79 Å². The van der Waals surface area contributed by atoms with Gasteiger partial charge < -0.3 is 16.2 Å². The maximum Gasteiger partial charge on any atom is 0.404 e. The van der Waals surface area contributed by atoms with Gasteiger partial charge in [0.25, 0.3) is 0 Å². The highest BCUT2D eigenvalue weighted by molar-refractivity contribution is 5.64. The number of carboxylic acid groups (broad SMARTS) is 1. The Labute approximate surface area is 54.0 Å². The van der Waals surface area contributed by atoms with E-state index < -0.39 is 6.09 Å². The molecule has 0 bridgehead atoms. The van der Waals surface area contributed by atoms with Gasteiger partial charge in [-0.2, -0.15) is 0 Å². The van der Waals surface area contributed by atoms with E-state index in [9.17, 15) is 4.79 Å². The second-order valence-electron chi connectivity index (χ2n) is 1.93. The molecule has 0 fully saturated rings. The number of hydrogen-bond donors (Lipinski definition) is 3. The zero-order chi connectivity index (χ0) is 7.28. The van der Waals surface area contributed by atoms with Crippen molar-refractivity contribution in [2.75, 3.05) is 6.54 Å². The summed E-state index contributed by atoms with van der Waals surface area (Å²) in [6.07, 6.45) is -0.303. The van der Waals surface area contributed by atoms with E-state index in [1.54, 1.807) is 6.92 Å². The Balaban J connectivity index is 3.26. The molecule has 0 heterocycles. The average Bonchev–Trinajstić information content (AvgIpc) is 1.63. The van der Waals surface area contributed by atoms with Gasteiger partial charge in [0, 0.05) is 6.04 Å². The Morgan fingerprint density at radius 2 is 2.44 bits per heavy atom. The minimum atomic E-state index is -0.990. The molecule has 4 heteroatoms. The summed E-state index contributed by atoms with van der Waals surface area (Å²) in [5, 5.41) is 10.4. The fourth-order valence-electron chi connectivity index (χ4n) is 0.533. The normalized spacial score (nSPS) is 12.7. The van der Waals surface area contributed by atoms with Crippen LogP contribution in [-0.4, -0.2) is 23.8 Å². The van der Waals surface area contributed by atoms with E-state index in [1.165, 1.54) is 0 Å². The number of rotatable bonds is 3. The lowest BCUT2D eigenvalue weighted by Crippen LogP contribution is -2.32.